The second-order valence-corrected chi connectivity index (χ2v) is 1.32. The van der Waals surface area contributed by atoms with E-state index in [1.54, 1.807) is 0 Å². The minimum Gasteiger partial charge on any atom is -0.481 e. The molecule has 0 aromatic carbocycles. The molecule has 3 N–H and O–H groups in total. The van der Waals surface area contributed by atoms with Gasteiger partial charge in [-0.15, -0.1) is 0 Å². The Morgan fingerprint density at radius 3 is 1.56 bits per heavy atom. The van der Waals surface area contributed by atoms with Gasteiger partial charge in [0, 0.05) is 0 Å². The Labute approximate surface area is 58.5 Å². The van der Waals surface area contributed by atoms with Gasteiger partial charge in [-0.1, -0.05) is 0 Å². The van der Waals surface area contributed by atoms with E-state index in [1.165, 1.54) is 0 Å². The van der Waals surface area contributed by atoms with Crippen molar-refractivity contribution < 1.29 is 20.1 Å². The summed E-state index contributed by atoms with van der Waals surface area (Å²) in [5.74, 6) is -0.965. The van der Waals surface area contributed by atoms with E-state index in [-0.39, 0.29) is 19.0 Å². The number of carbonyl (C=O) groups is 1. The van der Waals surface area contributed by atoms with Crippen LogP contribution in [0.15, 0.2) is 0 Å². The lowest BCUT2D eigenvalue weighted by Gasteiger charge is -1.71. The molecule has 0 aromatic rings. The van der Waals surface area contributed by atoms with Crippen LogP contribution in [0.2, 0.25) is 0 Å². The van der Waals surface area contributed by atoms with Gasteiger partial charge < -0.3 is 15.3 Å². The summed E-state index contributed by atoms with van der Waals surface area (Å²) in [6, 6.07) is 0. The smallest absolute Gasteiger partial charge is 0.313 e. The number of aliphatic carboxylic acids is 1. The minimum atomic E-state index is -0.881. The van der Waals surface area contributed by atoms with Gasteiger partial charge in [0.25, 0.3) is 0 Å². The zero-order valence-electron chi connectivity index (χ0n) is 4.82. The van der Waals surface area contributed by atoms with Crippen LogP contribution in [0.4, 0.5) is 0 Å². The summed E-state index contributed by atoms with van der Waals surface area (Å²) in [4.78, 5) is 9.29. The summed E-state index contributed by atoms with van der Waals surface area (Å²) in [5, 5.41) is 22.9. The van der Waals surface area contributed by atoms with Gasteiger partial charge in [-0.25, -0.2) is 0 Å². The Morgan fingerprint density at radius 2 is 1.56 bits per heavy atom. The molecule has 0 unspecified atom stereocenters. The molecular formula is C4H10O4S. The number of carboxylic acid groups (broad SMARTS) is 1. The molecule has 0 spiro atoms. The van der Waals surface area contributed by atoms with Crippen LogP contribution in [-0.4, -0.2) is 40.3 Å². The standard InChI is InChI=1S/C2H4O2S.C2H6O2/c3-2(4)1-5;3-1-2-4/h5H,1H2,(H,3,4);3-4H,1-2H2. The first-order valence-corrected chi connectivity index (χ1v) is 2.86. The third-order valence-electron chi connectivity index (χ3n) is 0.235. The Morgan fingerprint density at radius 1 is 1.33 bits per heavy atom. The van der Waals surface area contributed by atoms with Crippen molar-refractivity contribution in [3.63, 3.8) is 0 Å². The van der Waals surface area contributed by atoms with Crippen LogP contribution >= 0.6 is 12.6 Å². The van der Waals surface area contributed by atoms with Crippen molar-refractivity contribution in [2.75, 3.05) is 19.0 Å². The first-order chi connectivity index (χ1) is 4.18. The molecule has 0 aliphatic carbocycles. The third kappa shape index (κ3) is 34.0. The van der Waals surface area contributed by atoms with Gasteiger partial charge in [0.15, 0.2) is 0 Å². The fourth-order valence-electron chi connectivity index (χ4n) is 0. The number of carboxylic acids is 1. The molecule has 0 rings (SSSR count). The summed E-state index contributed by atoms with van der Waals surface area (Å²) < 4.78 is 0. The van der Waals surface area contributed by atoms with Gasteiger partial charge in [0.1, 0.15) is 0 Å². The molecule has 0 aliphatic heterocycles. The summed E-state index contributed by atoms with van der Waals surface area (Å²) in [5.41, 5.74) is 0. The predicted molar refractivity (Wildman–Crippen MR) is 35.7 cm³/mol. The van der Waals surface area contributed by atoms with E-state index >= 15 is 0 Å². The van der Waals surface area contributed by atoms with Crippen molar-refractivity contribution in [2.24, 2.45) is 0 Å². The van der Waals surface area contributed by atoms with Crippen LogP contribution in [0.3, 0.4) is 0 Å². The van der Waals surface area contributed by atoms with E-state index in [2.05, 4.69) is 12.6 Å². The van der Waals surface area contributed by atoms with Gasteiger partial charge in [-0.3, -0.25) is 4.79 Å². The van der Waals surface area contributed by atoms with Crippen molar-refractivity contribution in [1.82, 2.24) is 0 Å². The van der Waals surface area contributed by atoms with Crippen LogP contribution in [-0.2, 0) is 4.79 Å². The van der Waals surface area contributed by atoms with Crippen LogP contribution in [0.1, 0.15) is 0 Å². The normalized spacial score (nSPS) is 7.44. The van der Waals surface area contributed by atoms with E-state index in [9.17, 15) is 4.79 Å². The molecule has 0 atom stereocenters. The molecule has 0 bridgehead atoms. The summed E-state index contributed by atoms with van der Waals surface area (Å²) in [6.45, 7) is -0.250. The van der Waals surface area contributed by atoms with E-state index < -0.39 is 5.97 Å². The van der Waals surface area contributed by atoms with Gasteiger partial charge in [0.2, 0.25) is 0 Å². The highest BCUT2D eigenvalue weighted by molar-refractivity contribution is 7.81. The van der Waals surface area contributed by atoms with Crippen molar-refractivity contribution in [1.29, 1.82) is 0 Å². The average molecular weight is 154 g/mol. The molecule has 0 radical (unpaired) electrons. The Bertz CT molecular complexity index is 63.6. The highest BCUT2D eigenvalue weighted by Gasteiger charge is 1.81. The Balaban J connectivity index is 0. The highest BCUT2D eigenvalue weighted by atomic mass is 32.1. The Kier molecular flexibility index (Phi) is 13.7. The van der Waals surface area contributed by atoms with E-state index in [0.717, 1.165) is 0 Å². The third-order valence-corrected chi connectivity index (χ3v) is 0.506. The summed E-state index contributed by atoms with van der Waals surface area (Å²) in [6.07, 6.45) is 0. The number of hydrogen-bond acceptors (Lipinski definition) is 4. The lowest BCUT2D eigenvalue weighted by Crippen LogP contribution is -1.92. The fraction of sp³-hybridized carbons (Fsp3) is 0.750. The van der Waals surface area contributed by atoms with E-state index in [4.69, 9.17) is 15.3 Å². The first-order valence-electron chi connectivity index (χ1n) is 2.23. The van der Waals surface area contributed by atoms with E-state index in [1.807, 2.05) is 0 Å². The number of aliphatic hydroxyl groups is 2. The largest absolute Gasteiger partial charge is 0.481 e. The SMILES string of the molecule is O=C(O)CS.OCCO. The van der Waals surface area contributed by atoms with Crippen molar-refractivity contribution in [2.45, 2.75) is 0 Å². The number of rotatable bonds is 2. The monoisotopic (exact) mass is 154 g/mol. The molecule has 0 fully saturated rings. The molecule has 56 valence electrons. The first kappa shape index (κ1) is 11.5. The number of thiol groups is 1. The molecule has 0 heterocycles. The maximum atomic E-state index is 9.29. The van der Waals surface area contributed by atoms with Crippen molar-refractivity contribution in [3.05, 3.63) is 0 Å². The quantitative estimate of drug-likeness (QED) is 0.384. The molecule has 0 aliphatic rings. The van der Waals surface area contributed by atoms with Gasteiger partial charge in [-0.05, 0) is 0 Å². The maximum absolute atomic E-state index is 9.29. The molecule has 0 saturated heterocycles. The molecule has 0 amide bonds. The van der Waals surface area contributed by atoms with Crippen molar-refractivity contribution in [3.8, 4) is 0 Å². The maximum Gasteiger partial charge on any atom is 0.313 e. The molecule has 0 saturated carbocycles. The lowest BCUT2D eigenvalue weighted by atomic mass is 10.8. The van der Waals surface area contributed by atoms with Crippen LogP contribution in [0, 0.1) is 0 Å². The second-order valence-electron chi connectivity index (χ2n) is 0.999. The fourth-order valence-corrected chi connectivity index (χ4v) is 0. The zero-order chi connectivity index (χ0) is 7.70. The summed E-state index contributed by atoms with van der Waals surface area (Å²) in [7, 11) is 0. The zero-order valence-corrected chi connectivity index (χ0v) is 5.71. The highest BCUT2D eigenvalue weighted by Crippen LogP contribution is 1.66. The van der Waals surface area contributed by atoms with Crippen LogP contribution in [0.5, 0.6) is 0 Å². The van der Waals surface area contributed by atoms with Crippen LogP contribution < -0.4 is 0 Å². The average Bonchev–Trinajstić information content (AvgIpc) is 1.89. The van der Waals surface area contributed by atoms with Crippen LogP contribution in [0.25, 0.3) is 0 Å². The predicted octanol–water partition coefficient (Wildman–Crippen LogP) is -1.03. The Hall–Kier alpha value is -0.260. The number of aliphatic hydroxyl groups excluding tert-OH is 2. The molecular weight excluding hydrogens is 144 g/mol. The van der Waals surface area contributed by atoms with Gasteiger partial charge >= 0.3 is 5.97 Å². The van der Waals surface area contributed by atoms with Crippen molar-refractivity contribution >= 4 is 18.6 Å². The topological polar surface area (TPSA) is 77.8 Å². The summed E-state index contributed by atoms with van der Waals surface area (Å²) >= 11 is 3.42. The minimum absolute atomic E-state index is 0.0833. The van der Waals surface area contributed by atoms with Gasteiger partial charge in [-0.2, -0.15) is 12.6 Å². The number of hydrogen-bond donors (Lipinski definition) is 4. The van der Waals surface area contributed by atoms with E-state index in [0.29, 0.717) is 0 Å². The molecule has 4 nitrogen and oxygen atoms in total. The second kappa shape index (κ2) is 10.7. The molecule has 0 aromatic heterocycles. The molecule has 9 heavy (non-hydrogen) atoms. The van der Waals surface area contributed by atoms with Gasteiger partial charge in [0.05, 0.1) is 19.0 Å². The lowest BCUT2D eigenvalue weighted by molar-refractivity contribution is -0.133. The molecule has 5 heteroatoms.